The SMILES string of the molecule is COC(=O)c1ccc2c(c1)N(Cc1cc(=O)n3ccccc3n1)C(=O)c1ccccc1S2. The highest BCUT2D eigenvalue weighted by molar-refractivity contribution is 7.99. The van der Waals surface area contributed by atoms with Crippen molar-refractivity contribution >= 4 is 35.0 Å². The van der Waals surface area contributed by atoms with Crippen molar-refractivity contribution in [2.75, 3.05) is 12.0 Å². The highest BCUT2D eigenvalue weighted by Crippen LogP contribution is 2.42. The van der Waals surface area contributed by atoms with E-state index in [-0.39, 0.29) is 18.0 Å². The molecule has 0 fully saturated rings. The lowest BCUT2D eigenvalue weighted by Crippen LogP contribution is -2.31. The largest absolute Gasteiger partial charge is 0.465 e. The van der Waals surface area contributed by atoms with Gasteiger partial charge in [-0.05, 0) is 42.5 Å². The smallest absolute Gasteiger partial charge is 0.337 e. The summed E-state index contributed by atoms with van der Waals surface area (Å²) in [5.74, 6) is -0.724. The number of hydrogen-bond donors (Lipinski definition) is 0. The number of hydrogen-bond acceptors (Lipinski definition) is 6. The van der Waals surface area contributed by atoms with Crippen LogP contribution in [-0.2, 0) is 11.3 Å². The molecule has 7 nitrogen and oxygen atoms in total. The number of amides is 1. The van der Waals surface area contributed by atoms with Crippen LogP contribution in [0.5, 0.6) is 0 Å². The Balaban J connectivity index is 1.66. The van der Waals surface area contributed by atoms with E-state index >= 15 is 0 Å². The molecule has 8 heteroatoms. The summed E-state index contributed by atoms with van der Waals surface area (Å²) in [5.41, 5.74) is 2.16. The first kappa shape index (κ1) is 20.0. The van der Waals surface area contributed by atoms with Gasteiger partial charge in [0.2, 0.25) is 0 Å². The number of anilines is 1. The molecule has 0 saturated heterocycles. The molecule has 1 aliphatic rings. The maximum atomic E-state index is 13.6. The van der Waals surface area contributed by atoms with Gasteiger partial charge in [-0.3, -0.25) is 14.0 Å². The molecule has 0 bridgehead atoms. The van der Waals surface area contributed by atoms with E-state index in [4.69, 9.17) is 4.74 Å². The summed E-state index contributed by atoms with van der Waals surface area (Å²) >= 11 is 1.45. The van der Waals surface area contributed by atoms with Gasteiger partial charge in [-0.25, -0.2) is 9.78 Å². The Kier molecular flexibility index (Phi) is 4.99. The summed E-state index contributed by atoms with van der Waals surface area (Å²) in [7, 11) is 1.31. The van der Waals surface area contributed by atoms with Crippen molar-refractivity contribution in [1.82, 2.24) is 9.38 Å². The number of carbonyl (C=O) groups is 2. The lowest BCUT2D eigenvalue weighted by Gasteiger charge is -2.23. The van der Waals surface area contributed by atoms with Gasteiger partial charge in [-0.1, -0.05) is 30.0 Å². The molecule has 0 atom stereocenters. The number of esters is 1. The fourth-order valence-electron chi connectivity index (χ4n) is 3.67. The first-order valence-electron chi connectivity index (χ1n) is 9.83. The Morgan fingerprint density at radius 1 is 1.00 bits per heavy atom. The van der Waals surface area contributed by atoms with Gasteiger partial charge in [-0.15, -0.1) is 0 Å². The molecule has 1 amide bonds. The molecule has 0 aliphatic carbocycles. The van der Waals surface area contributed by atoms with Crippen LogP contribution in [0.15, 0.2) is 87.5 Å². The summed E-state index contributed by atoms with van der Waals surface area (Å²) in [4.78, 5) is 46.1. The number of carbonyl (C=O) groups excluding carboxylic acids is 2. The van der Waals surface area contributed by atoms with Gasteiger partial charge in [0, 0.05) is 22.1 Å². The molecule has 0 N–H and O–H groups in total. The number of nitrogens with zero attached hydrogens (tertiary/aromatic N) is 3. The average molecular weight is 443 g/mol. The Morgan fingerprint density at radius 3 is 2.66 bits per heavy atom. The number of fused-ring (bicyclic) bond motifs is 3. The topological polar surface area (TPSA) is 81.0 Å². The van der Waals surface area contributed by atoms with Gasteiger partial charge in [-0.2, -0.15) is 0 Å². The molecule has 4 aromatic rings. The summed E-state index contributed by atoms with van der Waals surface area (Å²) in [6.07, 6.45) is 1.65. The van der Waals surface area contributed by atoms with Gasteiger partial charge in [0.25, 0.3) is 11.5 Å². The highest BCUT2D eigenvalue weighted by Gasteiger charge is 2.28. The highest BCUT2D eigenvalue weighted by atomic mass is 32.2. The summed E-state index contributed by atoms with van der Waals surface area (Å²) in [5, 5.41) is 0. The molecular weight excluding hydrogens is 426 g/mol. The van der Waals surface area contributed by atoms with Crippen LogP contribution in [0.25, 0.3) is 5.65 Å². The normalized spacial score (nSPS) is 12.8. The van der Waals surface area contributed by atoms with E-state index in [0.29, 0.717) is 28.2 Å². The Hall–Kier alpha value is -3.91. The third-order valence-electron chi connectivity index (χ3n) is 5.20. The molecule has 158 valence electrons. The number of benzene rings is 2. The van der Waals surface area contributed by atoms with E-state index < -0.39 is 5.97 Å². The fraction of sp³-hybridized carbons (Fsp3) is 0.0833. The second kappa shape index (κ2) is 7.97. The van der Waals surface area contributed by atoms with E-state index in [1.807, 2.05) is 18.2 Å². The van der Waals surface area contributed by atoms with Crippen molar-refractivity contribution in [1.29, 1.82) is 0 Å². The van der Waals surface area contributed by atoms with Crippen molar-refractivity contribution in [2.24, 2.45) is 0 Å². The maximum absolute atomic E-state index is 13.6. The minimum Gasteiger partial charge on any atom is -0.465 e. The van der Waals surface area contributed by atoms with E-state index in [1.165, 1.54) is 29.3 Å². The van der Waals surface area contributed by atoms with Crippen LogP contribution in [0.1, 0.15) is 26.4 Å². The van der Waals surface area contributed by atoms with Crippen LogP contribution in [0.4, 0.5) is 5.69 Å². The van der Waals surface area contributed by atoms with Crippen LogP contribution in [0, 0.1) is 0 Å². The standard InChI is InChI=1S/C24H17N3O4S/c1-31-24(30)15-9-10-20-18(12-15)27(23(29)17-6-2-3-7-19(17)32-20)14-16-13-22(28)26-11-5-4-8-21(26)25-16/h2-13H,14H2,1H3. The monoisotopic (exact) mass is 443 g/mol. The molecule has 0 saturated carbocycles. The zero-order valence-electron chi connectivity index (χ0n) is 17.0. The molecule has 2 aromatic heterocycles. The van der Waals surface area contributed by atoms with E-state index in [0.717, 1.165) is 9.79 Å². The van der Waals surface area contributed by atoms with Crippen LogP contribution >= 0.6 is 11.8 Å². The van der Waals surface area contributed by atoms with E-state index in [9.17, 15) is 14.4 Å². The Labute approximate surface area is 187 Å². The van der Waals surface area contributed by atoms with Gasteiger partial charge >= 0.3 is 5.97 Å². The van der Waals surface area contributed by atoms with Crippen molar-refractivity contribution in [3.8, 4) is 0 Å². The fourth-order valence-corrected chi connectivity index (χ4v) is 4.73. The quantitative estimate of drug-likeness (QED) is 0.448. The molecular formula is C24H17N3O4S. The molecule has 0 unspecified atom stereocenters. The number of pyridine rings is 1. The summed E-state index contributed by atoms with van der Waals surface area (Å²) < 4.78 is 6.31. The summed E-state index contributed by atoms with van der Waals surface area (Å²) in [6.45, 7) is 0.0754. The Morgan fingerprint density at radius 2 is 1.81 bits per heavy atom. The van der Waals surface area contributed by atoms with Crippen LogP contribution in [0.2, 0.25) is 0 Å². The minimum atomic E-state index is -0.492. The van der Waals surface area contributed by atoms with Crippen LogP contribution in [-0.4, -0.2) is 28.4 Å². The van der Waals surface area contributed by atoms with Crippen molar-refractivity contribution < 1.29 is 14.3 Å². The zero-order valence-corrected chi connectivity index (χ0v) is 17.8. The molecule has 5 rings (SSSR count). The number of rotatable bonds is 3. The summed E-state index contributed by atoms with van der Waals surface area (Å²) in [6, 6.07) is 19.2. The second-order valence-electron chi connectivity index (χ2n) is 7.18. The lowest BCUT2D eigenvalue weighted by molar-refractivity contribution is 0.0600. The molecule has 1 aliphatic heterocycles. The number of aromatic nitrogens is 2. The minimum absolute atomic E-state index is 0.0754. The second-order valence-corrected chi connectivity index (χ2v) is 8.26. The zero-order chi connectivity index (χ0) is 22.2. The molecule has 3 heterocycles. The van der Waals surface area contributed by atoms with Crippen molar-refractivity contribution in [3.05, 3.63) is 100 Å². The first-order chi connectivity index (χ1) is 15.5. The average Bonchev–Trinajstić information content (AvgIpc) is 2.93. The molecule has 0 radical (unpaired) electrons. The first-order valence-corrected chi connectivity index (χ1v) is 10.7. The lowest BCUT2D eigenvalue weighted by atomic mass is 10.1. The van der Waals surface area contributed by atoms with Gasteiger partial charge in [0.05, 0.1) is 36.2 Å². The Bertz CT molecular complexity index is 1450. The van der Waals surface area contributed by atoms with Gasteiger partial charge in [0.1, 0.15) is 5.65 Å². The predicted octanol–water partition coefficient (Wildman–Crippen LogP) is 3.79. The predicted molar refractivity (Wildman–Crippen MR) is 120 cm³/mol. The number of methoxy groups -OCH3 is 1. The third-order valence-corrected chi connectivity index (χ3v) is 6.34. The molecule has 2 aromatic carbocycles. The van der Waals surface area contributed by atoms with Crippen LogP contribution in [0.3, 0.4) is 0 Å². The van der Waals surface area contributed by atoms with Gasteiger partial charge < -0.3 is 9.64 Å². The molecule has 32 heavy (non-hydrogen) atoms. The van der Waals surface area contributed by atoms with E-state index in [2.05, 4.69) is 4.98 Å². The number of ether oxygens (including phenoxy) is 1. The molecule has 0 spiro atoms. The van der Waals surface area contributed by atoms with Crippen LogP contribution < -0.4 is 10.5 Å². The maximum Gasteiger partial charge on any atom is 0.337 e. The van der Waals surface area contributed by atoms with E-state index in [1.54, 1.807) is 53.6 Å². The third kappa shape index (κ3) is 3.44. The van der Waals surface area contributed by atoms with Crippen molar-refractivity contribution in [2.45, 2.75) is 16.3 Å². The van der Waals surface area contributed by atoms with Crippen molar-refractivity contribution in [3.63, 3.8) is 0 Å². The van der Waals surface area contributed by atoms with Gasteiger partial charge in [0.15, 0.2) is 0 Å².